The van der Waals surface area contributed by atoms with Crippen LogP contribution in [0, 0.1) is 6.92 Å². The molecule has 0 bridgehead atoms. The summed E-state index contributed by atoms with van der Waals surface area (Å²) >= 11 is 6.11. The van der Waals surface area contributed by atoms with Crippen LogP contribution >= 0.6 is 11.6 Å². The maximum atomic E-state index is 13.2. The minimum atomic E-state index is -3.98. The average Bonchev–Trinajstić information content (AvgIpc) is 3.33. The molecule has 1 aliphatic heterocycles. The van der Waals surface area contributed by atoms with Gasteiger partial charge in [0.25, 0.3) is 0 Å². The Hall–Kier alpha value is -2.36. The number of benzene rings is 1. The third-order valence-electron chi connectivity index (χ3n) is 5.10. The number of carbonyl (C=O) groups excluding carboxylic acids is 2. The van der Waals surface area contributed by atoms with Gasteiger partial charge in [0.1, 0.15) is 16.6 Å². The quantitative estimate of drug-likeness (QED) is 0.678. The van der Waals surface area contributed by atoms with E-state index in [2.05, 4.69) is 5.32 Å². The van der Waals surface area contributed by atoms with E-state index in [0.29, 0.717) is 29.1 Å². The molecule has 1 amide bonds. The van der Waals surface area contributed by atoms with Gasteiger partial charge >= 0.3 is 5.97 Å². The van der Waals surface area contributed by atoms with Crippen molar-refractivity contribution in [1.82, 2.24) is 8.87 Å². The molecule has 0 aliphatic carbocycles. The lowest BCUT2D eigenvalue weighted by Crippen LogP contribution is -2.43. The third-order valence-corrected chi connectivity index (χ3v) is 7.39. The van der Waals surface area contributed by atoms with Crippen LogP contribution in [0.2, 0.25) is 5.02 Å². The van der Waals surface area contributed by atoms with Gasteiger partial charge in [-0.2, -0.15) is 4.31 Å². The number of hydrogen-bond acceptors (Lipinski definition) is 5. The number of nitrogens with one attached hydrogen (secondary N) is 1. The second-order valence-corrected chi connectivity index (χ2v) is 9.37. The number of aryl methyl sites for hydroxylation is 1. The zero-order chi connectivity index (χ0) is 22.1. The molecule has 1 N–H and O–H groups in total. The summed E-state index contributed by atoms with van der Waals surface area (Å²) in [5.74, 6) is -1.02. The molecule has 0 spiro atoms. The first-order valence-corrected chi connectivity index (χ1v) is 11.4. The SMILES string of the molecule is CCOC(=O)c1cc(S(=O)(=O)N2CCCC2C(=O)Nc2cccc(Cl)c2C)cn1C. The first kappa shape index (κ1) is 22.3. The number of amides is 1. The smallest absolute Gasteiger partial charge is 0.354 e. The second kappa shape index (κ2) is 8.79. The van der Waals surface area contributed by atoms with Gasteiger partial charge in [-0.25, -0.2) is 13.2 Å². The molecule has 10 heteroatoms. The number of rotatable bonds is 6. The first-order chi connectivity index (χ1) is 14.2. The highest BCUT2D eigenvalue weighted by atomic mass is 35.5. The summed E-state index contributed by atoms with van der Waals surface area (Å²) in [5, 5.41) is 3.30. The number of hydrogen-bond donors (Lipinski definition) is 1. The van der Waals surface area contributed by atoms with Crippen LogP contribution in [0.25, 0.3) is 0 Å². The molecule has 1 saturated heterocycles. The van der Waals surface area contributed by atoms with Gasteiger partial charge in [-0.3, -0.25) is 4.79 Å². The summed E-state index contributed by atoms with van der Waals surface area (Å²) in [4.78, 5) is 24.9. The molecule has 30 heavy (non-hydrogen) atoms. The predicted molar refractivity (Wildman–Crippen MR) is 113 cm³/mol. The number of halogens is 1. The molecule has 1 unspecified atom stereocenters. The number of aromatic nitrogens is 1. The molecule has 0 saturated carbocycles. The zero-order valence-corrected chi connectivity index (χ0v) is 18.6. The summed E-state index contributed by atoms with van der Waals surface area (Å²) in [7, 11) is -2.40. The van der Waals surface area contributed by atoms with Gasteiger partial charge in [0.15, 0.2) is 0 Å². The van der Waals surface area contributed by atoms with Gasteiger partial charge < -0.3 is 14.6 Å². The Morgan fingerprint density at radius 2 is 2.07 bits per heavy atom. The van der Waals surface area contributed by atoms with Crippen LogP contribution in [0.4, 0.5) is 5.69 Å². The molecule has 0 radical (unpaired) electrons. The van der Waals surface area contributed by atoms with Crippen LogP contribution in [0.3, 0.4) is 0 Å². The molecule has 1 aromatic heterocycles. The summed E-state index contributed by atoms with van der Waals surface area (Å²) < 4.78 is 34.0. The van der Waals surface area contributed by atoms with Crippen molar-refractivity contribution in [2.24, 2.45) is 7.05 Å². The highest BCUT2D eigenvalue weighted by Crippen LogP contribution is 2.29. The van der Waals surface area contributed by atoms with Gasteiger partial charge in [-0.05, 0) is 50.5 Å². The molecule has 2 aromatic rings. The van der Waals surface area contributed by atoms with Crippen molar-refractivity contribution in [2.45, 2.75) is 37.6 Å². The molecular formula is C20H24ClN3O5S. The Kier molecular flexibility index (Phi) is 6.54. The monoisotopic (exact) mass is 453 g/mol. The van der Waals surface area contributed by atoms with Gasteiger partial charge in [0.05, 0.1) is 6.61 Å². The molecule has 1 aliphatic rings. The minimum absolute atomic E-state index is 0.0494. The maximum absolute atomic E-state index is 13.2. The molecule has 1 atom stereocenters. The Balaban J connectivity index is 1.85. The number of carbonyl (C=O) groups is 2. The highest BCUT2D eigenvalue weighted by molar-refractivity contribution is 7.89. The Morgan fingerprint density at radius 3 is 2.77 bits per heavy atom. The second-order valence-electron chi connectivity index (χ2n) is 7.07. The standard InChI is InChI=1S/C20H24ClN3O5S/c1-4-29-20(26)18-11-14(12-23(18)3)30(27,28)24-10-6-9-17(24)19(25)22-16-8-5-7-15(21)13(16)2/h5,7-8,11-12,17H,4,6,9-10H2,1-3H3,(H,22,25). The normalized spacial score (nSPS) is 17.1. The van der Waals surface area contributed by atoms with Gasteiger partial charge in [0, 0.05) is 30.5 Å². The van der Waals surface area contributed by atoms with E-state index < -0.39 is 27.9 Å². The van der Waals surface area contributed by atoms with Crippen molar-refractivity contribution < 1.29 is 22.7 Å². The fourth-order valence-corrected chi connectivity index (χ4v) is 5.37. The Labute approximate surface area is 180 Å². The van der Waals surface area contributed by atoms with E-state index in [-0.39, 0.29) is 23.7 Å². The van der Waals surface area contributed by atoms with Crippen molar-refractivity contribution in [3.8, 4) is 0 Å². The molecule has 2 heterocycles. The number of ether oxygens (including phenoxy) is 1. The largest absolute Gasteiger partial charge is 0.461 e. The topological polar surface area (TPSA) is 97.7 Å². The van der Waals surface area contributed by atoms with Crippen molar-refractivity contribution >= 4 is 39.2 Å². The number of sulfonamides is 1. The Bertz CT molecular complexity index is 1080. The highest BCUT2D eigenvalue weighted by Gasteiger charge is 2.40. The summed E-state index contributed by atoms with van der Waals surface area (Å²) in [6.07, 6.45) is 2.32. The third kappa shape index (κ3) is 4.23. The van der Waals surface area contributed by atoms with Crippen molar-refractivity contribution in [1.29, 1.82) is 0 Å². The maximum Gasteiger partial charge on any atom is 0.354 e. The van der Waals surface area contributed by atoms with Gasteiger partial charge in [-0.15, -0.1) is 0 Å². The molecule has 8 nitrogen and oxygen atoms in total. The van der Waals surface area contributed by atoms with Gasteiger partial charge in [-0.1, -0.05) is 17.7 Å². The summed E-state index contributed by atoms with van der Waals surface area (Å²) in [6, 6.07) is 5.58. The fraction of sp³-hybridized carbons (Fsp3) is 0.400. The van der Waals surface area contributed by atoms with Crippen LogP contribution in [0.1, 0.15) is 35.8 Å². The van der Waals surface area contributed by atoms with E-state index >= 15 is 0 Å². The van der Waals surface area contributed by atoms with E-state index in [0.717, 1.165) is 0 Å². The number of anilines is 1. The summed E-state index contributed by atoms with van der Waals surface area (Å²) in [6.45, 7) is 3.86. The minimum Gasteiger partial charge on any atom is -0.461 e. The van der Waals surface area contributed by atoms with E-state index in [1.54, 1.807) is 39.1 Å². The summed E-state index contributed by atoms with van der Waals surface area (Å²) in [5.41, 5.74) is 1.38. The van der Waals surface area contributed by atoms with Crippen LogP contribution in [-0.4, -0.2) is 48.4 Å². The van der Waals surface area contributed by atoms with E-state index in [9.17, 15) is 18.0 Å². The van der Waals surface area contributed by atoms with Crippen molar-refractivity contribution in [3.63, 3.8) is 0 Å². The average molecular weight is 454 g/mol. The van der Waals surface area contributed by atoms with E-state index in [1.165, 1.54) is 21.1 Å². The first-order valence-electron chi connectivity index (χ1n) is 9.58. The predicted octanol–water partition coefficient (Wildman–Crippen LogP) is 2.96. The Morgan fingerprint density at radius 1 is 1.33 bits per heavy atom. The molecular weight excluding hydrogens is 430 g/mol. The van der Waals surface area contributed by atoms with E-state index in [4.69, 9.17) is 16.3 Å². The van der Waals surface area contributed by atoms with Crippen LogP contribution in [-0.2, 0) is 26.6 Å². The van der Waals surface area contributed by atoms with Crippen LogP contribution in [0.5, 0.6) is 0 Å². The zero-order valence-electron chi connectivity index (χ0n) is 17.0. The van der Waals surface area contributed by atoms with Crippen LogP contribution in [0.15, 0.2) is 35.4 Å². The number of nitrogens with zero attached hydrogens (tertiary/aromatic N) is 2. The van der Waals surface area contributed by atoms with Crippen molar-refractivity contribution in [3.05, 3.63) is 46.7 Å². The van der Waals surface area contributed by atoms with Crippen LogP contribution < -0.4 is 5.32 Å². The van der Waals surface area contributed by atoms with Crippen molar-refractivity contribution in [2.75, 3.05) is 18.5 Å². The molecule has 162 valence electrons. The van der Waals surface area contributed by atoms with E-state index in [1.807, 2.05) is 0 Å². The lowest BCUT2D eigenvalue weighted by Gasteiger charge is -2.23. The fourth-order valence-electron chi connectivity index (χ4n) is 3.47. The number of esters is 1. The lowest BCUT2D eigenvalue weighted by atomic mass is 10.1. The van der Waals surface area contributed by atoms with Gasteiger partial charge in [0.2, 0.25) is 15.9 Å². The molecule has 3 rings (SSSR count). The lowest BCUT2D eigenvalue weighted by molar-refractivity contribution is -0.119. The molecule has 1 aromatic carbocycles. The molecule has 1 fully saturated rings.